The average Bonchev–Trinajstić information content (AvgIpc) is 3.02. The van der Waals surface area contributed by atoms with Crippen molar-refractivity contribution in [2.45, 2.75) is 19.4 Å². The van der Waals surface area contributed by atoms with Gasteiger partial charge in [0.2, 0.25) is 5.91 Å². The number of carbonyl (C=O) groups is 1. The van der Waals surface area contributed by atoms with Gasteiger partial charge in [-0.3, -0.25) is 24.5 Å². The van der Waals surface area contributed by atoms with Crippen molar-refractivity contribution in [3.8, 4) is 0 Å². The van der Waals surface area contributed by atoms with Crippen LogP contribution in [0.25, 0.3) is 0 Å². The lowest BCUT2D eigenvalue weighted by Crippen LogP contribution is -2.38. The second kappa shape index (κ2) is 7.85. The SMILES string of the molecule is CC(C(=O)NCCCN1CCOCC1)n1cc([N+](=O)[O-])cn1. The molecular formula is C13H21N5O4. The van der Waals surface area contributed by atoms with Crippen LogP contribution in [0.2, 0.25) is 0 Å². The summed E-state index contributed by atoms with van der Waals surface area (Å²) < 4.78 is 6.58. The van der Waals surface area contributed by atoms with Gasteiger partial charge in [-0.2, -0.15) is 5.10 Å². The number of nitrogens with one attached hydrogen (secondary N) is 1. The first kappa shape index (κ1) is 16.4. The molecule has 1 aromatic heterocycles. The molecule has 0 aromatic carbocycles. The van der Waals surface area contributed by atoms with Gasteiger partial charge in [-0.25, -0.2) is 0 Å². The van der Waals surface area contributed by atoms with Crippen LogP contribution < -0.4 is 5.32 Å². The number of nitrogens with zero attached hydrogens (tertiary/aromatic N) is 4. The third kappa shape index (κ3) is 4.50. The van der Waals surface area contributed by atoms with Crippen LogP contribution in [0.3, 0.4) is 0 Å². The molecule has 1 amide bonds. The number of hydrogen-bond acceptors (Lipinski definition) is 6. The lowest BCUT2D eigenvalue weighted by atomic mass is 10.3. The van der Waals surface area contributed by atoms with E-state index in [1.807, 2.05) is 0 Å². The standard InChI is InChI=1S/C13H21N5O4/c1-11(17-10-12(9-15-17)18(20)21)13(19)14-3-2-4-16-5-7-22-8-6-16/h9-11H,2-8H2,1H3,(H,14,19). The van der Waals surface area contributed by atoms with Gasteiger partial charge in [-0.05, 0) is 19.9 Å². The zero-order valence-electron chi connectivity index (χ0n) is 12.6. The Kier molecular flexibility index (Phi) is 5.84. The molecule has 1 aliphatic rings. The van der Waals surface area contributed by atoms with Gasteiger partial charge in [0, 0.05) is 19.6 Å². The molecule has 9 heteroatoms. The molecule has 1 fully saturated rings. The molecule has 0 saturated carbocycles. The minimum atomic E-state index is -0.572. The van der Waals surface area contributed by atoms with E-state index in [1.165, 1.54) is 10.9 Å². The Balaban J connectivity index is 1.70. The van der Waals surface area contributed by atoms with Gasteiger partial charge < -0.3 is 10.1 Å². The first-order valence-electron chi connectivity index (χ1n) is 7.34. The third-order valence-corrected chi connectivity index (χ3v) is 3.63. The maximum atomic E-state index is 12.0. The minimum absolute atomic E-state index is 0.119. The first-order valence-corrected chi connectivity index (χ1v) is 7.34. The van der Waals surface area contributed by atoms with Crippen molar-refractivity contribution in [1.29, 1.82) is 0 Å². The van der Waals surface area contributed by atoms with E-state index >= 15 is 0 Å². The highest BCUT2D eigenvalue weighted by molar-refractivity contribution is 5.79. The Labute approximate surface area is 128 Å². The van der Waals surface area contributed by atoms with Crippen molar-refractivity contribution < 1.29 is 14.5 Å². The molecule has 1 N–H and O–H groups in total. The summed E-state index contributed by atoms with van der Waals surface area (Å²) in [6, 6.07) is -0.572. The largest absolute Gasteiger partial charge is 0.379 e. The molecule has 1 aromatic rings. The lowest BCUT2D eigenvalue weighted by Gasteiger charge is -2.26. The maximum Gasteiger partial charge on any atom is 0.307 e. The molecule has 1 aliphatic heterocycles. The van der Waals surface area contributed by atoms with E-state index in [0.717, 1.165) is 45.5 Å². The molecule has 0 bridgehead atoms. The summed E-state index contributed by atoms with van der Waals surface area (Å²) in [7, 11) is 0. The van der Waals surface area contributed by atoms with E-state index in [0.29, 0.717) is 6.54 Å². The van der Waals surface area contributed by atoms with Gasteiger partial charge in [0.05, 0.1) is 18.1 Å². The van der Waals surface area contributed by atoms with Crippen molar-refractivity contribution in [2.24, 2.45) is 0 Å². The van der Waals surface area contributed by atoms with Crippen LogP contribution in [0.4, 0.5) is 5.69 Å². The highest BCUT2D eigenvalue weighted by Crippen LogP contribution is 2.12. The topological polar surface area (TPSA) is 103 Å². The van der Waals surface area contributed by atoms with E-state index < -0.39 is 11.0 Å². The van der Waals surface area contributed by atoms with E-state index in [1.54, 1.807) is 6.92 Å². The zero-order valence-corrected chi connectivity index (χ0v) is 12.6. The highest BCUT2D eigenvalue weighted by atomic mass is 16.6. The molecular weight excluding hydrogens is 290 g/mol. The molecule has 0 radical (unpaired) electrons. The van der Waals surface area contributed by atoms with Gasteiger partial charge in [-0.1, -0.05) is 0 Å². The highest BCUT2D eigenvalue weighted by Gasteiger charge is 2.18. The number of amides is 1. The number of ether oxygens (including phenoxy) is 1. The molecule has 1 unspecified atom stereocenters. The summed E-state index contributed by atoms with van der Waals surface area (Å²) in [5.74, 6) is -0.194. The van der Waals surface area contributed by atoms with Crippen LogP contribution in [0.15, 0.2) is 12.4 Å². The molecule has 0 aliphatic carbocycles. The smallest absolute Gasteiger partial charge is 0.307 e. The average molecular weight is 311 g/mol. The fraction of sp³-hybridized carbons (Fsp3) is 0.692. The van der Waals surface area contributed by atoms with E-state index in [-0.39, 0.29) is 11.6 Å². The predicted molar refractivity (Wildman–Crippen MR) is 78.5 cm³/mol. The molecule has 1 atom stereocenters. The molecule has 9 nitrogen and oxygen atoms in total. The van der Waals surface area contributed by atoms with Gasteiger partial charge >= 0.3 is 5.69 Å². The van der Waals surface area contributed by atoms with E-state index in [9.17, 15) is 14.9 Å². The Morgan fingerprint density at radius 3 is 2.91 bits per heavy atom. The van der Waals surface area contributed by atoms with Gasteiger partial charge in [0.15, 0.2) is 0 Å². The van der Waals surface area contributed by atoms with Gasteiger partial charge in [-0.15, -0.1) is 0 Å². The van der Waals surface area contributed by atoms with E-state index in [4.69, 9.17) is 4.74 Å². The quantitative estimate of drug-likeness (QED) is 0.438. The monoisotopic (exact) mass is 311 g/mol. The van der Waals surface area contributed by atoms with Crippen LogP contribution in [0.1, 0.15) is 19.4 Å². The Morgan fingerprint density at radius 1 is 1.55 bits per heavy atom. The van der Waals surface area contributed by atoms with Crippen molar-refractivity contribution in [3.63, 3.8) is 0 Å². The number of hydrogen-bond donors (Lipinski definition) is 1. The number of rotatable bonds is 7. The van der Waals surface area contributed by atoms with Crippen molar-refractivity contribution in [3.05, 3.63) is 22.5 Å². The summed E-state index contributed by atoms with van der Waals surface area (Å²) in [6.45, 7) is 6.55. The van der Waals surface area contributed by atoms with Crippen LogP contribution in [0, 0.1) is 10.1 Å². The molecule has 22 heavy (non-hydrogen) atoms. The van der Waals surface area contributed by atoms with Crippen LogP contribution in [0.5, 0.6) is 0 Å². The molecule has 2 rings (SSSR count). The Hall–Kier alpha value is -2.00. The van der Waals surface area contributed by atoms with Crippen LogP contribution in [-0.4, -0.2) is 64.9 Å². The first-order chi connectivity index (χ1) is 10.6. The molecule has 1 saturated heterocycles. The lowest BCUT2D eigenvalue weighted by molar-refractivity contribution is -0.385. The zero-order chi connectivity index (χ0) is 15.9. The van der Waals surface area contributed by atoms with E-state index in [2.05, 4.69) is 15.3 Å². The van der Waals surface area contributed by atoms with Gasteiger partial charge in [0.1, 0.15) is 18.4 Å². The Bertz CT molecular complexity index is 512. The summed E-state index contributed by atoms with van der Waals surface area (Å²) in [6.07, 6.45) is 3.26. The second-order valence-electron chi connectivity index (χ2n) is 5.21. The minimum Gasteiger partial charge on any atom is -0.379 e. The number of aromatic nitrogens is 2. The molecule has 2 heterocycles. The fourth-order valence-electron chi connectivity index (χ4n) is 2.24. The fourth-order valence-corrected chi connectivity index (χ4v) is 2.24. The van der Waals surface area contributed by atoms with Crippen LogP contribution in [-0.2, 0) is 9.53 Å². The van der Waals surface area contributed by atoms with Gasteiger partial charge in [0.25, 0.3) is 0 Å². The number of nitro groups is 1. The summed E-state index contributed by atoms with van der Waals surface area (Å²) in [4.78, 5) is 24.4. The number of morpholine rings is 1. The summed E-state index contributed by atoms with van der Waals surface area (Å²) in [5.41, 5.74) is -0.119. The summed E-state index contributed by atoms with van der Waals surface area (Å²) in [5, 5.41) is 17.3. The molecule has 0 spiro atoms. The maximum absolute atomic E-state index is 12.0. The number of carbonyl (C=O) groups excluding carboxylic acids is 1. The van der Waals surface area contributed by atoms with Crippen molar-refractivity contribution in [1.82, 2.24) is 20.0 Å². The second-order valence-corrected chi connectivity index (χ2v) is 5.21. The third-order valence-electron chi connectivity index (χ3n) is 3.63. The normalized spacial score (nSPS) is 17.1. The van der Waals surface area contributed by atoms with Crippen molar-refractivity contribution in [2.75, 3.05) is 39.4 Å². The molecule has 122 valence electrons. The Morgan fingerprint density at radius 2 is 2.27 bits per heavy atom. The predicted octanol–water partition coefficient (Wildman–Crippen LogP) is 0.191. The van der Waals surface area contributed by atoms with Crippen molar-refractivity contribution >= 4 is 11.6 Å². The summed E-state index contributed by atoms with van der Waals surface area (Å²) >= 11 is 0. The van der Waals surface area contributed by atoms with Crippen LogP contribution >= 0.6 is 0 Å².